The van der Waals surface area contributed by atoms with Crippen molar-refractivity contribution in [3.8, 4) is 0 Å². The SMILES string of the molecule is Nc1[nH]c(=S)[nH]c(=O)c1NC(=O)CN(CCN(CCN(CC(=O)O)CC(=O)Nc1c(N)[nH]c(=S)[nH]c1=O)CC(=O)O)CC(=O)O. The highest BCUT2D eigenvalue weighted by Crippen LogP contribution is 2.09. The van der Waals surface area contributed by atoms with E-state index in [0.29, 0.717) is 0 Å². The van der Waals surface area contributed by atoms with Crippen LogP contribution in [0.1, 0.15) is 0 Å². The minimum Gasteiger partial charge on any atom is -0.480 e. The summed E-state index contributed by atoms with van der Waals surface area (Å²) in [6.45, 7) is -3.36. The van der Waals surface area contributed by atoms with E-state index in [1.807, 2.05) is 0 Å². The summed E-state index contributed by atoms with van der Waals surface area (Å²) in [7, 11) is 0. The van der Waals surface area contributed by atoms with Gasteiger partial charge in [0.1, 0.15) is 23.0 Å². The molecule has 2 heterocycles. The number of anilines is 4. The van der Waals surface area contributed by atoms with E-state index >= 15 is 0 Å². The molecule has 0 spiro atoms. The molecule has 21 nitrogen and oxygen atoms in total. The molecular weight excluding hydrogens is 642 g/mol. The second kappa shape index (κ2) is 16.8. The molecule has 0 aliphatic carbocycles. The van der Waals surface area contributed by atoms with Crippen molar-refractivity contribution in [3.05, 3.63) is 30.2 Å². The zero-order valence-electron chi connectivity index (χ0n) is 23.4. The summed E-state index contributed by atoms with van der Waals surface area (Å²) in [6.07, 6.45) is 0. The Balaban J connectivity index is 2.09. The Morgan fingerprint density at radius 3 is 1.20 bits per heavy atom. The maximum Gasteiger partial charge on any atom is 0.317 e. The number of hydrogen-bond acceptors (Lipinski definition) is 14. The second-order valence-corrected chi connectivity index (χ2v) is 10.2. The van der Waals surface area contributed by atoms with E-state index < -0.39 is 73.6 Å². The minimum atomic E-state index is -1.30. The molecule has 2 aromatic heterocycles. The second-order valence-electron chi connectivity index (χ2n) is 9.37. The van der Waals surface area contributed by atoms with Crippen molar-refractivity contribution in [2.45, 2.75) is 0 Å². The molecule has 246 valence electrons. The molecule has 2 amide bonds. The number of H-pyrrole nitrogens is 4. The molecule has 0 aliphatic heterocycles. The fraction of sp³-hybridized carbons (Fsp3) is 0.409. The number of nitrogens with zero attached hydrogens (tertiary/aromatic N) is 3. The van der Waals surface area contributed by atoms with Gasteiger partial charge in [0, 0.05) is 26.2 Å². The highest BCUT2D eigenvalue weighted by molar-refractivity contribution is 7.71. The van der Waals surface area contributed by atoms with Crippen LogP contribution in [-0.4, -0.2) is 139 Å². The van der Waals surface area contributed by atoms with E-state index in [0.717, 1.165) is 9.80 Å². The topological polar surface area (TPSA) is 329 Å². The molecule has 0 unspecified atom stereocenters. The van der Waals surface area contributed by atoms with Gasteiger partial charge in [-0.25, -0.2) is 0 Å². The highest BCUT2D eigenvalue weighted by atomic mass is 32.1. The third-order valence-corrected chi connectivity index (χ3v) is 6.16. The number of carboxylic acids is 3. The molecule has 0 bridgehead atoms. The van der Waals surface area contributed by atoms with Crippen LogP contribution in [0.15, 0.2) is 9.59 Å². The first-order valence-corrected chi connectivity index (χ1v) is 13.5. The normalized spacial score (nSPS) is 11.1. The van der Waals surface area contributed by atoms with Crippen molar-refractivity contribution >= 4 is 77.2 Å². The van der Waals surface area contributed by atoms with E-state index in [-0.39, 0.29) is 58.7 Å². The number of carbonyl (C=O) groups is 5. The van der Waals surface area contributed by atoms with E-state index in [4.69, 9.17) is 35.9 Å². The fourth-order valence-electron chi connectivity index (χ4n) is 3.86. The van der Waals surface area contributed by atoms with E-state index in [9.17, 15) is 48.9 Å². The molecule has 0 aromatic carbocycles. The van der Waals surface area contributed by atoms with Gasteiger partial charge >= 0.3 is 17.9 Å². The van der Waals surface area contributed by atoms with Crippen LogP contribution in [0.25, 0.3) is 0 Å². The summed E-state index contributed by atoms with van der Waals surface area (Å²) in [5, 5.41) is 32.5. The number of nitrogens with two attached hydrogens (primary N) is 2. The van der Waals surface area contributed by atoms with E-state index in [2.05, 4.69) is 30.6 Å². The maximum atomic E-state index is 12.6. The Labute approximate surface area is 262 Å². The molecule has 0 saturated heterocycles. The molecule has 23 heteroatoms. The molecular formula is C22H31N11O10S2. The predicted octanol–water partition coefficient (Wildman–Crippen LogP) is -2.92. The van der Waals surface area contributed by atoms with E-state index in [1.54, 1.807) is 0 Å². The Bertz CT molecular complexity index is 1550. The van der Waals surface area contributed by atoms with Crippen molar-refractivity contribution in [2.75, 3.05) is 81.0 Å². The van der Waals surface area contributed by atoms with Crippen LogP contribution in [0.5, 0.6) is 0 Å². The lowest BCUT2D eigenvalue weighted by Gasteiger charge is -2.28. The number of carbonyl (C=O) groups excluding carboxylic acids is 2. The minimum absolute atomic E-state index is 0.0785. The summed E-state index contributed by atoms with van der Waals surface area (Å²) < 4.78 is -0.157. The monoisotopic (exact) mass is 673 g/mol. The standard InChI is InChI=1S/C22H31N11O10S2/c23-17-15(19(42)29-21(44)27-17)25-10(34)5-32(8-13(38)39)3-1-31(7-12(36)37)2-4-33(9-14(40)41)6-11(35)26-16-18(24)28-22(45)30-20(16)43/h1-9H2,(H,25,34)(H,26,35)(H,36,37)(H,38,39)(H,40,41)(H4,23,27,29,42,44)(H4,24,28,30,43,45). The highest BCUT2D eigenvalue weighted by Gasteiger charge is 2.21. The average Bonchev–Trinajstić information content (AvgIpc) is 2.88. The molecule has 2 aromatic rings. The number of rotatable bonds is 18. The molecule has 0 aliphatic rings. The van der Waals surface area contributed by atoms with Gasteiger partial charge in [-0.2, -0.15) is 0 Å². The van der Waals surface area contributed by atoms with Crippen molar-refractivity contribution < 1.29 is 39.3 Å². The summed E-state index contributed by atoms with van der Waals surface area (Å²) in [4.78, 5) is 96.7. The van der Waals surface area contributed by atoms with Gasteiger partial charge in [0.05, 0.1) is 32.7 Å². The lowest BCUT2D eigenvalue weighted by atomic mass is 10.3. The van der Waals surface area contributed by atoms with Crippen molar-refractivity contribution in [1.82, 2.24) is 34.6 Å². The molecule has 0 radical (unpaired) electrons. The quantitative estimate of drug-likeness (QED) is 0.0706. The average molecular weight is 674 g/mol. The van der Waals surface area contributed by atoms with Gasteiger partial charge in [0.2, 0.25) is 11.8 Å². The number of aliphatic carboxylic acids is 3. The maximum absolute atomic E-state index is 12.6. The van der Waals surface area contributed by atoms with Crippen LogP contribution in [0.2, 0.25) is 0 Å². The fourth-order valence-corrected chi connectivity index (χ4v) is 4.26. The van der Waals surface area contributed by atoms with Gasteiger partial charge in [0.15, 0.2) is 9.54 Å². The number of aromatic amines is 4. The molecule has 13 N–H and O–H groups in total. The molecule has 2 rings (SSSR count). The van der Waals surface area contributed by atoms with Gasteiger partial charge in [-0.3, -0.25) is 58.2 Å². The molecule has 0 saturated carbocycles. The van der Waals surface area contributed by atoms with Crippen molar-refractivity contribution in [1.29, 1.82) is 0 Å². The Kier molecular flexibility index (Phi) is 13.5. The predicted molar refractivity (Wildman–Crippen MR) is 163 cm³/mol. The van der Waals surface area contributed by atoms with Crippen LogP contribution in [-0.2, 0) is 24.0 Å². The first-order valence-electron chi connectivity index (χ1n) is 12.7. The van der Waals surface area contributed by atoms with Gasteiger partial charge in [0.25, 0.3) is 11.1 Å². The molecule has 45 heavy (non-hydrogen) atoms. The van der Waals surface area contributed by atoms with Crippen LogP contribution in [0.4, 0.5) is 23.0 Å². The summed E-state index contributed by atoms with van der Waals surface area (Å²) >= 11 is 9.57. The zero-order valence-corrected chi connectivity index (χ0v) is 25.0. The molecule has 0 atom stereocenters. The summed E-state index contributed by atoms with van der Waals surface area (Å²) in [5.74, 6) is -5.91. The first kappa shape index (κ1) is 36.2. The Morgan fingerprint density at radius 2 is 0.889 bits per heavy atom. The third-order valence-electron chi connectivity index (χ3n) is 5.75. The largest absolute Gasteiger partial charge is 0.480 e. The number of hydrogen-bond donors (Lipinski definition) is 11. The Morgan fingerprint density at radius 1 is 0.578 bits per heavy atom. The molecule has 0 fully saturated rings. The first-order chi connectivity index (χ1) is 21.0. The smallest absolute Gasteiger partial charge is 0.317 e. The van der Waals surface area contributed by atoms with Crippen LogP contribution >= 0.6 is 24.4 Å². The van der Waals surface area contributed by atoms with Gasteiger partial charge in [-0.1, -0.05) is 0 Å². The summed E-state index contributed by atoms with van der Waals surface area (Å²) in [6, 6.07) is 0. The Hall–Kier alpha value is -4.97. The lowest BCUT2D eigenvalue weighted by Crippen LogP contribution is -2.46. The van der Waals surface area contributed by atoms with E-state index in [1.165, 1.54) is 4.90 Å². The van der Waals surface area contributed by atoms with Gasteiger partial charge < -0.3 is 47.4 Å². The van der Waals surface area contributed by atoms with Crippen LogP contribution < -0.4 is 33.2 Å². The zero-order chi connectivity index (χ0) is 33.8. The number of carboxylic acid groups (broad SMARTS) is 3. The number of amides is 2. The number of nitrogen functional groups attached to an aromatic ring is 2. The van der Waals surface area contributed by atoms with Gasteiger partial charge in [-0.15, -0.1) is 0 Å². The van der Waals surface area contributed by atoms with Crippen LogP contribution in [0, 0.1) is 9.54 Å². The summed E-state index contributed by atoms with van der Waals surface area (Å²) in [5.41, 5.74) is 9.13. The van der Waals surface area contributed by atoms with Crippen molar-refractivity contribution in [2.24, 2.45) is 0 Å². The lowest BCUT2D eigenvalue weighted by molar-refractivity contribution is -0.140. The van der Waals surface area contributed by atoms with Gasteiger partial charge in [-0.05, 0) is 24.4 Å². The number of nitrogens with one attached hydrogen (secondary N) is 6. The third kappa shape index (κ3) is 12.7. The number of aromatic nitrogens is 4. The van der Waals surface area contributed by atoms with Crippen molar-refractivity contribution in [3.63, 3.8) is 0 Å². The van der Waals surface area contributed by atoms with Crippen LogP contribution in [0.3, 0.4) is 0 Å².